The van der Waals surface area contributed by atoms with Crippen LogP contribution in [0.2, 0.25) is 0 Å². The Morgan fingerprint density at radius 1 is 1.29 bits per heavy atom. The van der Waals surface area contributed by atoms with Crippen molar-refractivity contribution in [1.29, 1.82) is 0 Å². The zero-order valence-corrected chi connectivity index (χ0v) is 15.2. The molecule has 1 aliphatic rings. The van der Waals surface area contributed by atoms with E-state index in [-0.39, 0.29) is 6.10 Å². The summed E-state index contributed by atoms with van der Waals surface area (Å²) in [5, 5.41) is 0. The van der Waals surface area contributed by atoms with Crippen LogP contribution in [-0.2, 0) is 0 Å². The Morgan fingerprint density at radius 2 is 2.00 bits per heavy atom. The highest BCUT2D eigenvalue weighted by atomic mass is 79.9. The highest BCUT2D eigenvalue weighted by molar-refractivity contribution is 9.10. The lowest BCUT2D eigenvalue weighted by atomic mass is 9.68. The number of ether oxygens (including phenoxy) is 1. The topological polar surface area (TPSA) is 35.2 Å². The van der Waals surface area contributed by atoms with Gasteiger partial charge in [0.25, 0.3) is 0 Å². The molecule has 3 heteroatoms. The number of nitrogens with two attached hydrogens (primary N) is 1. The molecule has 2 N–H and O–H groups in total. The lowest BCUT2D eigenvalue weighted by Gasteiger charge is -2.41. The third-order valence-corrected chi connectivity index (χ3v) is 5.44. The van der Waals surface area contributed by atoms with E-state index in [1.807, 2.05) is 0 Å². The molecule has 0 amide bonds. The van der Waals surface area contributed by atoms with E-state index in [2.05, 4.69) is 61.8 Å². The van der Waals surface area contributed by atoms with Crippen molar-refractivity contribution in [1.82, 2.24) is 0 Å². The van der Waals surface area contributed by atoms with Gasteiger partial charge in [-0.3, -0.25) is 0 Å². The first-order valence-corrected chi connectivity index (χ1v) is 8.73. The lowest BCUT2D eigenvalue weighted by Crippen LogP contribution is -2.41. The van der Waals surface area contributed by atoms with E-state index in [4.69, 9.17) is 10.5 Å². The molecular weight excluding hydrogens is 326 g/mol. The second kappa shape index (κ2) is 6.70. The molecule has 1 aliphatic carbocycles. The number of hydrogen-bond acceptors (Lipinski definition) is 2. The van der Waals surface area contributed by atoms with Crippen molar-refractivity contribution >= 4 is 15.9 Å². The number of hydrogen-bond donors (Lipinski definition) is 1. The van der Waals surface area contributed by atoms with Crippen LogP contribution in [0.3, 0.4) is 0 Å². The van der Waals surface area contributed by atoms with Crippen LogP contribution < -0.4 is 10.5 Å². The van der Waals surface area contributed by atoms with Crippen LogP contribution in [0.4, 0.5) is 0 Å². The summed E-state index contributed by atoms with van der Waals surface area (Å²) in [6.07, 6.45) is 3.77. The highest BCUT2D eigenvalue weighted by Crippen LogP contribution is 2.41. The van der Waals surface area contributed by atoms with E-state index in [0.29, 0.717) is 23.8 Å². The van der Waals surface area contributed by atoms with Gasteiger partial charge in [0, 0.05) is 5.92 Å². The van der Waals surface area contributed by atoms with Crippen LogP contribution in [0.25, 0.3) is 0 Å². The molecule has 0 aromatic heterocycles. The maximum absolute atomic E-state index is 6.34. The first kappa shape index (κ1) is 16.8. The van der Waals surface area contributed by atoms with Gasteiger partial charge >= 0.3 is 0 Å². The Balaban J connectivity index is 2.14. The van der Waals surface area contributed by atoms with Crippen molar-refractivity contribution in [2.24, 2.45) is 23.0 Å². The molecule has 3 atom stereocenters. The number of halogens is 1. The Labute approximate surface area is 137 Å². The average Bonchev–Trinajstić information content (AvgIpc) is 2.41. The molecule has 3 unspecified atom stereocenters. The van der Waals surface area contributed by atoms with Crippen molar-refractivity contribution < 1.29 is 4.74 Å². The fourth-order valence-electron chi connectivity index (χ4n) is 3.26. The monoisotopic (exact) mass is 353 g/mol. The fraction of sp³-hybridized carbons (Fsp3) is 0.667. The van der Waals surface area contributed by atoms with Crippen molar-refractivity contribution in [3.8, 4) is 5.75 Å². The molecule has 0 heterocycles. The van der Waals surface area contributed by atoms with E-state index in [9.17, 15) is 0 Å². The Hall–Kier alpha value is -0.540. The van der Waals surface area contributed by atoms with Crippen LogP contribution in [0.15, 0.2) is 22.7 Å². The third-order valence-electron chi connectivity index (χ3n) is 4.82. The molecule has 2 nitrogen and oxygen atoms in total. The normalized spacial score (nSPS) is 26.7. The van der Waals surface area contributed by atoms with Gasteiger partial charge in [-0.1, -0.05) is 26.8 Å². The minimum absolute atomic E-state index is 0.229. The zero-order valence-electron chi connectivity index (χ0n) is 13.7. The van der Waals surface area contributed by atoms with Crippen LogP contribution in [0, 0.1) is 24.2 Å². The second-order valence-electron chi connectivity index (χ2n) is 7.46. The van der Waals surface area contributed by atoms with Gasteiger partial charge in [-0.05, 0) is 77.7 Å². The summed E-state index contributed by atoms with van der Waals surface area (Å²) in [4.78, 5) is 0. The van der Waals surface area contributed by atoms with E-state index in [0.717, 1.165) is 16.6 Å². The van der Waals surface area contributed by atoms with E-state index in [1.165, 1.54) is 18.4 Å². The van der Waals surface area contributed by atoms with Crippen LogP contribution in [0.1, 0.15) is 45.6 Å². The molecule has 1 saturated carbocycles. The summed E-state index contributed by atoms with van der Waals surface area (Å²) in [5.74, 6) is 2.12. The Bertz CT molecular complexity index is 481. The van der Waals surface area contributed by atoms with Crippen LogP contribution in [0.5, 0.6) is 5.75 Å². The molecule has 0 spiro atoms. The van der Waals surface area contributed by atoms with Gasteiger partial charge in [0.2, 0.25) is 0 Å². The number of aryl methyl sites for hydroxylation is 1. The van der Waals surface area contributed by atoms with Gasteiger partial charge < -0.3 is 10.5 Å². The fourth-order valence-corrected chi connectivity index (χ4v) is 3.84. The summed E-state index contributed by atoms with van der Waals surface area (Å²) >= 11 is 3.61. The van der Waals surface area contributed by atoms with E-state index >= 15 is 0 Å². The van der Waals surface area contributed by atoms with Crippen molar-refractivity contribution in [2.75, 3.05) is 6.54 Å². The average molecular weight is 354 g/mol. The van der Waals surface area contributed by atoms with Gasteiger partial charge in [-0.15, -0.1) is 0 Å². The minimum Gasteiger partial charge on any atom is -0.489 e. The molecule has 1 aromatic rings. The first-order chi connectivity index (χ1) is 9.81. The van der Waals surface area contributed by atoms with Gasteiger partial charge in [-0.25, -0.2) is 0 Å². The zero-order chi connectivity index (χ0) is 15.6. The smallest absolute Gasteiger partial charge is 0.133 e. The maximum atomic E-state index is 6.34. The molecule has 2 rings (SSSR count). The molecule has 1 aromatic carbocycles. The molecular formula is C18H28BrNO. The maximum Gasteiger partial charge on any atom is 0.133 e. The predicted octanol–water partition coefficient (Wildman–Crippen LogP) is 4.93. The Kier molecular flexibility index (Phi) is 5.37. The van der Waals surface area contributed by atoms with Crippen molar-refractivity contribution in [2.45, 2.75) is 53.1 Å². The van der Waals surface area contributed by atoms with Gasteiger partial charge in [-0.2, -0.15) is 0 Å². The predicted molar refractivity (Wildman–Crippen MR) is 92.6 cm³/mol. The molecule has 0 radical (unpaired) electrons. The standard InChI is InChI=1S/C18H28BrNO/c1-12-5-8-16(15(19)9-12)21-17-10-14(18(2,3)4)7-6-13(17)11-20/h5,8-9,13-14,17H,6-7,10-11,20H2,1-4H3. The van der Waals surface area contributed by atoms with Crippen molar-refractivity contribution in [3.05, 3.63) is 28.2 Å². The molecule has 0 bridgehead atoms. The SMILES string of the molecule is Cc1ccc(OC2CC(C(C)(C)C)CCC2CN)c(Br)c1. The lowest BCUT2D eigenvalue weighted by molar-refractivity contribution is 0.0327. The summed E-state index contributed by atoms with van der Waals surface area (Å²) < 4.78 is 7.38. The molecule has 0 saturated heterocycles. The highest BCUT2D eigenvalue weighted by Gasteiger charge is 2.36. The van der Waals surface area contributed by atoms with Gasteiger partial charge in [0.05, 0.1) is 4.47 Å². The van der Waals surface area contributed by atoms with Gasteiger partial charge in [0.1, 0.15) is 11.9 Å². The molecule has 21 heavy (non-hydrogen) atoms. The van der Waals surface area contributed by atoms with Crippen molar-refractivity contribution in [3.63, 3.8) is 0 Å². The summed E-state index contributed by atoms with van der Waals surface area (Å²) in [6, 6.07) is 6.27. The molecule has 1 fully saturated rings. The minimum atomic E-state index is 0.229. The third kappa shape index (κ3) is 4.23. The summed E-state index contributed by atoms with van der Waals surface area (Å²) in [7, 11) is 0. The number of benzene rings is 1. The largest absolute Gasteiger partial charge is 0.489 e. The second-order valence-corrected chi connectivity index (χ2v) is 8.32. The van der Waals surface area contributed by atoms with E-state index in [1.54, 1.807) is 0 Å². The summed E-state index contributed by atoms with van der Waals surface area (Å²) in [5.41, 5.74) is 7.55. The van der Waals surface area contributed by atoms with Gasteiger partial charge in [0.15, 0.2) is 0 Å². The first-order valence-electron chi connectivity index (χ1n) is 7.94. The van der Waals surface area contributed by atoms with E-state index < -0.39 is 0 Å². The Morgan fingerprint density at radius 3 is 2.57 bits per heavy atom. The quantitative estimate of drug-likeness (QED) is 0.836. The molecule has 118 valence electrons. The van der Waals surface area contributed by atoms with Crippen LogP contribution >= 0.6 is 15.9 Å². The number of rotatable bonds is 3. The molecule has 0 aliphatic heterocycles. The van der Waals surface area contributed by atoms with Crippen LogP contribution in [-0.4, -0.2) is 12.6 Å². The summed E-state index contributed by atoms with van der Waals surface area (Å²) in [6.45, 7) is 9.80.